The zero-order chi connectivity index (χ0) is 15.4. The number of rotatable bonds is 7. The normalized spacial score (nSPS) is 12.8. The summed E-state index contributed by atoms with van der Waals surface area (Å²) >= 11 is 0. The lowest BCUT2D eigenvalue weighted by molar-refractivity contribution is 0.463. The smallest absolute Gasteiger partial charge is 0.0628 e. The van der Waals surface area contributed by atoms with E-state index >= 15 is 0 Å². The number of aromatic nitrogens is 4. The third kappa shape index (κ3) is 3.92. The number of nitrogens with two attached hydrogens (primary N) is 1. The van der Waals surface area contributed by atoms with Crippen molar-refractivity contribution in [2.45, 2.75) is 45.6 Å². The highest BCUT2D eigenvalue weighted by molar-refractivity contribution is 5.24. The molecule has 3 N–H and O–H groups in total. The number of nitrogens with zero attached hydrogens (tertiary/aromatic N) is 4. The number of hydrogen-bond donors (Lipinski definition) is 2. The molecule has 0 radical (unpaired) electrons. The van der Waals surface area contributed by atoms with Gasteiger partial charge in [0.25, 0.3) is 0 Å². The first-order valence-electron chi connectivity index (χ1n) is 7.44. The van der Waals surface area contributed by atoms with Crippen LogP contribution >= 0.6 is 0 Å². The van der Waals surface area contributed by atoms with E-state index in [1.54, 1.807) is 0 Å². The van der Waals surface area contributed by atoms with Gasteiger partial charge < -0.3 is 0 Å². The van der Waals surface area contributed by atoms with Gasteiger partial charge in [0, 0.05) is 32.0 Å². The number of hydrogen-bond acceptors (Lipinski definition) is 4. The Morgan fingerprint density at radius 1 is 1.24 bits per heavy atom. The van der Waals surface area contributed by atoms with Crippen molar-refractivity contribution >= 4 is 0 Å². The van der Waals surface area contributed by atoms with Crippen LogP contribution in [0.25, 0.3) is 0 Å². The van der Waals surface area contributed by atoms with Gasteiger partial charge in [-0.05, 0) is 50.7 Å². The van der Waals surface area contributed by atoms with Crippen LogP contribution < -0.4 is 11.3 Å². The molecule has 1 atom stereocenters. The molecule has 0 spiro atoms. The molecule has 2 aromatic heterocycles. The molecule has 0 fully saturated rings. The third-order valence-electron chi connectivity index (χ3n) is 4.18. The minimum atomic E-state index is 0.309. The Balaban J connectivity index is 1.87. The van der Waals surface area contributed by atoms with E-state index < -0.39 is 0 Å². The maximum absolute atomic E-state index is 5.70. The Bertz CT molecular complexity index is 583. The summed E-state index contributed by atoms with van der Waals surface area (Å²) in [7, 11) is 3.93. The molecule has 0 aliphatic rings. The van der Waals surface area contributed by atoms with Gasteiger partial charge in [0.1, 0.15) is 0 Å². The first-order chi connectivity index (χ1) is 10.0. The first kappa shape index (κ1) is 15.7. The zero-order valence-corrected chi connectivity index (χ0v) is 13.4. The molecule has 1 unspecified atom stereocenters. The SMILES string of the molecule is Cc1nn(C)c(C)c1CCC(CCc1cnn(C)c1)NN. The quantitative estimate of drug-likeness (QED) is 0.593. The van der Waals surface area contributed by atoms with E-state index in [0.717, 1.165) is 31.4 Å². The number of aryl methyl sites for hydroxylation is 4. The summed E-state index contributed by atoms with van der Waals surface area (Å²) in [6.45, 7) is 4.19. The Hall–Kier alpha value is -1.66. The van der Waals surface area contributed by atoms with Crippen LogP contribution in [0.2, 0.25) is 0 Å². The molecule has 2 aromatic rings. The van der Waals surface area contributed by atoms with Crippen molar-refractivity contribution < 1.29 is 0 Å². The molecule has 2 heterocycles. The monoisotopic (exact) mass is 290 g/mol. The summed E-state index contributed by atoms with van der Waals surface area (Å²) in [4.78, 5) is 0. The van der Waals surface area contributed by atoms with Crippen molar-refractivity contribution in [2.75, 3.05) is 0 Å². The molecule has 0 saturated carbocycles. The van der Waals surface area contributed by atoms with Crippen molar-refractivity contribution in [3.05, 3.63) is 34.9 Å². The summed E-state index contributed by atoms with van der Waals surface area (Å²) < 4.78 is 3.79. The fourth-order valence-electron chi connectivity index (χ4n) is 2.75. The van der Waals surface area contributed by atoms with Crippen molar-refractivity contribution in [3.8, 4) is 0 Å². The van der Waals surface area contributed by atoms with Gasteiger partial charge in [-0.15, -0.1) is 0 Å². The molecule has 2 rings (SSSR count). The highest BCUT2D eigenvalue weighted by Crippen LogP contribution is 2.16. The Morgan fingerprint density at radius 3 is 2.48 bits per heavy atom. The van der Waals surface area contributed by atoms with Gasteiger partial charge in [-0.1, -0.05) is 0 Å². The van der Waals surface area contributed by atoms with Crippen LogP contribution in [0, 0.1) is 13.8 Å². The molecular formula is C15H26N6. The predicted molar refractivity (Wildman–Crippen MR) is 83.6 cm³/mol. The van der Waals surface area contributed by atoms with E-state index in [1.807, 2.05) is 29.7 Å². The highest BCUT2D eigenvalue weighted by Gasteiger charge is 2.13. The Morgan fingerprint density at radius 2 is 1.95 bits per heavy atom. The third-order valence-corrected chi connectivity index (χ3v) is 4.18. The molecule has 6 heteroatoms. The van der Waals surface area contributed by atoms with Crippen LogP contribution in [0.5, 0.6) is 0 Å². The maximum atomic E-state index is 5.70. The number of hydrazine groups is 1. The molecule has 0 bridgehead atoms. The van der Waals surface area contributed by atoms with Gasteiger partial charge >= 0.3 is 0 Å². The lowest BCUT2D eigenvalue weighted by Crippen LogP contribution is -2.35. The molecule has 6 nitrogen and oxygen atoms in total. The van der Waals surface area contributed by atoms with Crippen molar-refractivity contribution in [1.29, 1.82) is 0 Å². The first-order valence-corrected chi connectivity index (χ1v) is 7.44. The van der Waals surface area contributed by atoms with Crippen LogP contribution in [0.4, 0.5) is 0 Å². The van der Waals surface area contributed by atoms with Gasteiger partial charge in [0.05, 0.1) is 11.9 Å². The topological polar surface area (TPSA) is 73.7 Å². The second-order valence-corrected chi connectivity index (χ2v) is 5.74. The summed E-state index contributed by atoms with van der Waals surface area (Å²) in [5.74, 6) is 5.70. The van der Waals surface area contributed by atoms with Crippen LogP contribution in [0.15, 0.2) is 12.4 Å². The zero-order valence-electron chi connectivity index (χ0n) is 13.4. The lowest BCUT2D eigenvalue weighted by atomic mass is 10.00. The minimum Gasteiger partial charge on any atom is -0.276 e. The predicted octanol–water partition coefficient (Wildman–Crippen LogP) is 1.17. The molecule has 0 saturated heterocycles. The van der Waals surface area contributed by atoms with Crippen LogP contribution in [0.1, 0.15) is 35.4 Å². The molecule has 0 amide bonds. The fourth-order valence-corrected chi connectivity index (χ4v) is 2.75. The maximum Gasteiger partial charge on any atom is 0.0628 e. The molecule has 116 valence electrons. The molecule has 0 aliphatic heterocycles. The van der Waals surface area contributed by atoms with Gasteiger partial charge in [0.2, 0.25) is 0 Å². The number of nitrogens with one attached hydrogen (secondary N) is 1. The Labute approximate surface area is 126 Å². The second-order valence-electron chi connectivity index (χ2n) is 5.74. The lowest BCUT2D eigenvalue weighted by Gasteiger charge is -2.15. The summed E-state index contributed by atoms with van der Waals surface area (Å²) in [5.41, 5.74) is 7.91. The summed E-state index contributed by atoms with van der Waals surface area (Å²) in [6, 6.07) is 0.309. The van der Waals surface area contributed by atoms with Gasteiger partial charge in [-0.25, -0.2) is 0 Å². The highest BCUT2D eigenvalue weighted by atomic mass is 15.3. The van der Waals surface area contributed by atoms with Crippen LogP contribution in [-0.4, -0.2) is 25.6 Å². The van der Waals surface area contributed by atoms with E-state index in [0.29, 0.717) is 6.04 Å². The van der Waals surface area contributed by atoms with E-state index in [4.69, 9.17) is 5.84 Å². The van der Waals surface area contributed by atoms with Gasteiger partial charge in [-0.3, -0.25) is 20.6 Å². The largest absolute Gasteiger partial charge is 0.276 e. The van der Waals surface area contributed by atoms with E-state index in [9.17, 15) is 0 Å². The second kappa shape index (κ2) is 6.87. The molecule has 0 aliphatic carbocycles. The van der Waals surface area contributed by atoms with E-state index in [-0.39, 0.29) is 0 Å². The van der Waals surface area contributed by atoms with E-state index in [1.165, 1.54) is 16.8 Å². The average molecular weight is 290 g/mol. The summed E-state index contributed by atoms with van der Waals surface area (Å²) in [6.07, 6.45) is 8.01. The average Bonchev–Trinajstić information content (AvgIpc) is 2.96. The minimum absolute atomic E-state index is 0.309. The van der Waals surface area contributed by atoms with Crippen LogP contribution in [-0.2, 0) is 26.9 Å². The van der Waals surface area contributed by atoms with Crippen molar-refractivity contribution in [1.82, 2.24) is 25.0 Å². The Kier molecular flexibility index (Phi) is 5.14. The van der Waals surface area contributed by atoms with Gasteiger partial charge in [0.15, 0.2) is 0 Å². The van der Waals surface area contributed by atoms with Crippen molar-refractivity contribution in [2.24, 2.45) is 19.9 Å². The standard InChI is InChI=1S/C15H26N6/c1-11-15(12(2)21(4)19-11)8-7-14(18-16)6-5-13-9-17-20(3)10-13/h9-10,14,18H,5-8,16H2,1-4H3. The van der Waals surface area contributed by atoms with Gasteiger partial charge in [-0.2, -0.15) is 10.2 Å². The van der Waals surface area contributed by atoms with Crippen LogP contribution in [0.3, 0.4) is 0 Å². The fraction of sp³-hybridized carbons (Fsp3) is 0.600. The summed E-state index contributed by atoms with van der Waals surface area (Å²) in [5, 5.41) is 8.66. The molecule has 0 aromatic carbocycles. The van der Waals surface area contributed by atoms with Crippen molar-refractivity contribution in [3.63, 3.8) is 0 Å². The van der Waals surface area contributed by atoms with E-state index in [2.05, 4.69) is 35.7 Å². The molecule has 21 heavy (non-hydrogen) atoms. The molecular weight excluding hydrogens is 264 g/mol.